The van der Waals surface area contributed by atoms with E-state index in [0.29, 0.717) is 22.2 Å². The molecule has 2 aromatic rings. The smallest absolute Gasteiger partial charge is 0.241 e. The topological polar surface area (TPSA) is 157 Å². The molecule has 0 radical (unpaired) electrons. The Bertz CT molecular complexity index is 725. The summed E-state index contributed by atoms with van der Waals surface area (Å²) in [5.74, 6) is 6.20. The van der Waals surface area contributed by atoms with Gasteiger partial charge in [-0.3, -0.25) is 9.99 Å². The Balaban J connectivity index is 1.91. The van der Waals surface area contributed by atoms with Crippen molar-refractivity contribution in [2.24, 2.45) is 5.84 Å². The summed E-state index contributed by atoms with van der Waals surface area (Å²) in [6.07, 6.45) is -1.95. The van der Waals surface area contributed by atoms with Gasteiger partial charge in [-0.1, -0.05) is 13.8 Å². The lowest BCUT2D eigenvalue weighted by molar-refractivity contribution is -0.0289. The molecule has 10 nitrogen and oxygen atoms in total. The minimum Gasteiger partial charge on any atom is -0.387 e. The van der Waals surface area contributed by atoms with E-state index in [1.54, 1.807) is 11.8 Å². The minimum absolute atomic E-state index is 0.127. The van der Waals surface area contributed by atoms with Crippen LogP contribution >= 0.6 is 11.8 Å². The largest absolute Gasteiger partial charge is 0.387 e. The van der Waals surface area contributed by atoms with Crippen molar-refractivity contribution in [2.45, 2.75) is 43.6 Å². The van der Waals surface area contributed by atoms with Crippen LogP contribution < -0.4 is 17.0 Å². The number of imidazole rings is 1. The number of ether oxygens (including phenoxy) is 1. The summed E-state index contributed by atoms with van der Waals surface area (Å²) >= 11 is 1.65. The van der Waals surface area contributed by atoms with Gasteiger partial charge < -0.3 is 20.7 Å². The molecule has 3 rings (SSSR count). The number of aliphatic hydroxyl groups is 2. The van der Waals surface area contributed by atoms with Gasteiger partial charge in [-0.05, 0) is 5.25 Å². The Kier molecular flexibility index (Phi) is 4.78. The predicted octanol–water partition coefficient (Wildman–Crippen LogP) is -0.545. The quantitative estimate of drug-likeness (QED) is 0.348. The molecule has 2 aromatic heterocycles. The van der Waals surface area contributed by atoms with Gasteiger partial charge in [0.05, 0.1) is 12.4 Å². The third-order valence-corrected chi connectivity index (χ3v) is 4.97. The molecule has 1 fully saturated rings. The van der Waals surface area contributed by atoms with E-state index in [-0.39, 0.29) is 11.8 Å². The number of nitrogens with one attached hydrogen (secondary N) is 1. The highest BCUT2D eigenvalue weighted by Crippen LogP contribution is 2.34. The van der Waals surface area contributed by atoms with Crippen molar-refractivity contribution < 1.29 is 14.9 Å². The molecule has 7 N–H and O–H groups in total. The zero-order chi connectivity index (χ0) is 17.4. The number of nitrogen functional groups attached to an aromatic ring is 2. The average molecular weight is 355 g/mol. The Morgan fingerprint density at radius 2 is 2.12 bits per heavy atom. The van der Waals surface area contributed by atoms with E-state index in [9.17, 15) is 10.2 Å². The maximum absolute atomic E-state index is 10.4. The van der Waals surface area contributed by atoms with Crippen LogP contribution in [0.1, 0.15) is 20.1 Å². The SMILES string of the molecule is CC(C)SC[C@H]1O[C@@H](n2cnc3c(N)nc(NN)nc32)C(O)C1O. The van der Waals surface area contributed by atoms with E-state index < -0.39 is 24.5 Å². The number of fused-ring (bicyclic) bond motifs is 1. The number of nitrogens with two attached hydrogens (primary N) is 2. The van der Waals surface area contributed by atoms with Gasteiger partial charge in [0.15, 0.2) is 17.7 Å². The van der Waals surface area contributed by atoms with Crippen LogP contribution in [0.5, 0.6) is 0 Å². The van der Waals surface area contributed by atoms with Crippen LogP contribution in [0.15, 0.2) is 6.33 Å². The molecule has 0 saturated carbocycles. The molecule has 11 heteroatoms. The number of aliphatic hydroxyl groups excluding tert-OH is 2. The van der Waals surface area contributed by atoms with Gasteiger partial charge in [0.25, 0.3) is 0 Å². The number of hydrogen-bond acceptors (Lipinski definition) is 10. The maximum Gasteiger partial charge on any atom is 0.241 e. The van der Waals surface area contributed by atoms with Crippen LogP contribution in [0.4, 0.5) is 11.8 Å². The predicted molar refractivity (Wildman–Crippen MR) is 91.1 cm³/mol. The Hall–Kier alpha value is -1.66. The molecule has 4 atom stereocenters. The van der Waals surface area contributed by atoms with Crippen molar-refractivity contribution in [2.75, 3.05) is 16.9 Å². The van der Waals surface area contributed by atoms with E-state index in [1.807, 2.05) is 0 Å². The van der Waals surface area contributed by atoms with Gasteiger partial charge in [0.1, 0.15) is 17.7 Å². The summed E-state index contributed by atoms with van der Waals surface area (Å²) in [5.41, 5.74) is 8.91. The Morgan fingerprint density at radius 1 is 1.38 bits per heavy atom. The molecule has 132 valence electrons. The molecule has 1 aliphatic rings. The third kappa shape index (κ3) is 3.00. The minimum atomic E-state index is -1.11. The molecule has 2 unspecified atom stereocenters. The van der Waals surface area contributed by atoms with Gasteiger partial charge in [0.2, 0.25) is 5.95 Å². The zero-order valence-corrected chi connectivity index (χ0v) is 14.1. The van der Waals surface area contributed by atoms with Gasteiger partial charge in [-0.15, -0.1) is 0 Å². The summed E-state index contributed by atoms with van der Waals surface area (Å²) < 4.78 is 7.38. The standard InChI is InChI=1S/C13H21N7O3S/c1-5(2)24-3-6-8(21)9(22)12(23-6)20-4-16-7-10(14)17-13(19-15)18-11(7)20/h4-6,8-9,12,21-22H,3,15H2,1-2H3,(H3,14,17,18,19)/t6-,8?,9?,12-/m1/s1. The van der Waals surface area contributed by atoms with Crippen LogP contribution in [0.2, 0.25) is 0 Å². The average Bonchev–Trinajstić information content (AvgIpc) is 3.08. The number of rotatable bonds is 5. The summed E-state index contributed by atoms with van der Waals surface area (Å²) in [6, 6.07) is 0. The summed E-state index contributed by atoms with van der Waals surface area (Å²) in [6.45, 7) is 4.12. The van der Waals surface area contributed by atoms with Crippen LogP contribution in [0.3, 0.4) is 0 Å². The number of hydrazine groups is 1. The monoisotopic (exact) mass is 355 g/mol. The molecule has 3 heterocycles. The van der Waals surface area contributed by atoms with Crippen molar-refractivity contribution in [1.82, 2.24) is 19.5 Å². The summed E-state index contributed by atoms with van der Waals surface area (Å²) in [7, 11) is 0. The molecule has 0 aliphatic carbocycles. The zero-order valence-electron chi connectivity index (χ0n) is 13.3. The van der Waals surface area contributed by atoms with Gasteiger partial charge >= 0.3 is 0 Å². The van der Waals surface area contributed by atoms with Crippen molar-refractivity contribution in [3.8, 4) is 0 Å². The molecule has 1 aliphatic heterocycles. The molecule has 0 aromatic carbocycles. The van der Waals surface area contributed by atoms with E-state index >= 15 is 0 Å². The molecule has 0 spiro atoms. The fourth-order valence-electron chi connectivity index (χ4n) is 2.57. The van der Waals surface area contributed by atoms with Crippen LogP contribution in [0.25, 0.3) is 11.2 Å². The highest BCUT2D eigenvalue weighted by Gasteiger charge is 2.44. The fourth-order valence-corrected chi connectivity index (χ4v) is 3.42. The molecule has 0 amide bonds. The second-order valence-electron chi connectivity index (χ2n) is 5.83. The second-order valence-corrected chi connectivity index (χ2v) is 7.44. The highest BCUT2D eigenvalue weighted by molar-refractivity contribution is 7.99. The van der Waals surface area contributed by atoms with Crippen molar-refractivity contribution >= 4 is 34.7 Å². The lowest BCUT2D eigenvalue weighted by atomic mass is 10.1. The second kappa shape index (κ2) is 6.69. The van der Waals surface area contributed by atoms with Gasteiger partial charge in [-0.25, -0.2) is 10.8 Å². The fraction of sp³-hybridized carbons (Fsp3) is 0.615. The number of aromatic nitrogens is 4. The summed E-state index contributed by atoms with van der Waals surface area (Å²) in [5, 5.41) is 21.0. The number of hydrogen-bond donors (Lipinski definition) is 5. The maximum atomic E-state index is 10.4. The lowest BCUT2D eigenvalue weighted by Gasteiger charge is -2.17. The van der Waals surface area contributed by atoms with Crippen molar-refractivity contribution in [3.05, 3.63) is 6.33 Å². The molecule has 0 bridgehead atoms. The Morgan fingerprint density at radius 3 is 2.79 bits per heavy atom. The molecular formula is C13H21N7O3S. The van der Waals surface area contributed by atoms with E-state index in [0.717, 1.165) is 0 Å². The first-order valence-electron chi connectivity index (χ1n) is 7.52. The number of thioether (sulfide) groups is 1. The normalized spacial score (nSPS) is 27.2. The first-order valence-corrected chi connectivity index (χ1v) is 8.57. The van der Waals surface area contributed by atoms with Gasteiger partial charge in [-0.2, -0.15) is 21.7 Å². The summed E-state index contributed by atoms with van der Waals surface area (Å²) in [4.78, 5) is 12.3. The van der Waals surface area contributed by atoms with E-state index in [4.69, 9.17) is 16.3 Å². The van der Waals surface area contributed by atoms with Crippen molar-refractivity contribution in [3.63, 3.8) is 0 Å². The van der Waals surface area contributed by atoms with Crippen LogP contribution in [0, 0.1) is 0 Å². The van der Waals surface area contributed by atoms with Crippen LogP contribution in [-0.4, -0.2) is 59.0 Å². The van der Waals surface area contributed by atoms with Gasteiger partial charge in [0, 0.05) is 5.75 Å². The lowest BCUT2D eigenvalue weighted by Crippen LogP contribution is -2.32. The van der Waals surface area contributed by atoms with E-state index in [2.05, 4.69) is 34.2 Å². The molecular weight excluding hydrogens is 334 g/mol. The number of anilines is 2. The first-order chi connectivity index (χ1) is 11.4. The third-order valence-electron chi connectivity index (χ3n) is 3.78. The Labute approximate surface area is 142 Å². The number of nitrogens with zero attached hydrogens (tertiary/aromatic N) is 4. The molecule has 24 heavy (non-hydrogen) atoms. The van der Waals surface area contributed by atoms with E-state index in [1.165, 1.54) is 10.9 Å². The van der Waals surface area contributed by atoms with Crippen molar-refractivity contribution in [1.29, 1.82) is 0 Å². The highest BCUT2D eigenvalue weighted by atomic mass is 32.2. The van der Waals surface area contributed by atoms with Crippen LogP contribution in [-0.2, 0) is 4.74 Å². The molecule has 1 saturated heterocycles. The first kappa shape index (κ1) is 17.2.